The van der Waals surface area contributed by atoms with E-state index in [4.69, 9.17) is 20.8 Å². The highest BCUT2D eigenvalue weighted by molar-refractivity contribution is 6.31. The number of nitrogens with zero attached hydrogens (tertiary/aromatic N) is 1. The second kappa shape index (κ2) is 7.27. The Labute approximate surface area is 149 Å². The molecule has 1 saturated heterocycles. The molecule has 1 aromatic carbocycles. The molecule has 0 unspecified atom stereocenters. The molecule has 1 amide bonds. The van der Waals surface area contributed by atoms with Gasteiger partial charge in [-0.2, -0.15) is 0 Å². The van der Waals surface area contributed by atoms with Crippen molar-refractivity contribution in [1.82, 2.24) is 4.90 Å². The van der Waals surface area contributed by atoms with Gasteiger partial charge in [0.1, 0.15) is 23.4 Å². The first-order valence-corrected chi connectivity index (χ1v) is 8.29. The van der Waals surface area contributed by atoms with Crippen LogP contribution in [-0.4, -0.2) is 30.0 Å². The number of hydrogen-bond acceptors (Lipinski definition) is 4. The van der Waals surface area contributed by atoms with E-state index in [1.54, 1.807) is 24.0 Å². The van der Waals surface area contributed by atoms with Crippen LogP contribution in [0.3, 0.4) is 0 Å². The number of ether oxygens (including phenoxy) is 1. The number of carbonyl (C=O) groups is 1. The molecule has 0 atom stereocenters. The van der Waals surface area contributed by atoms with Crippen LogP contribution in [0.1, 0.15) is 17.7 Å². The number of rotatable bonds is 5. The molecule has 2 aromatic rings. The van der Waals surface area contributed by atoms with Crippen molar-refractivity contribution in [2.75, 3.05) is 13.1 Å². The van der Waals surface area contributed by atoms with Crippen LogP contribution in [-0.2, 0) is 11.2 Å². The van der Waals surface area contributed by atoms with E-state index in [0.717, 1.165) is 0 Å². The Morgan fingerprint density at radius 1 is 1.40 bits per heavy atom. The van der Waals surface area contributed by atoms with Crippen molar-refractivity contribution in [1.29, 1.82) is 0 Å². The van der Waals surface area contributed by atoms with Crippen LogP contribution in [0.4, 0.5) is 4.39 Å². The van der Waals surface area contributed by atoms with Gasteiger partial charge in [0.25, 0.3) is 0 Å². The van der Waals surface area contributed by atoms with E-state index >= 15 is 0 Å². The fraction of sp³-hybridized carbons (Fsp3) is 0.333. The highest BCUT2D eigenvalue weighted by Crippen LogP contribution is 2.22. The van der Waals surface area contributed by atoms with Gasteiger partial charge in [-0.1, -0.05) is 17.7 Å². The Bertz CT molecular complexity index is 825. The first-order chi connectivity index (χ1) is 11.9. The van der Waals surface area contributed by atoms with Crippen molar-refractivity contribution in [2.45, 2.75) is 25.9 Å². The molecule has 7 heteroatoms. The summed E-state index contributed by atoms with van der Waals surface area (Å²) in [5.41, 5.74) is -0.110. The standard InChI is InChI=1S/C18H17ClFNO4/c1-11-7-12(8-18(23)24-11)25-13-9-21(10-13)17(22)6-5-14-15(19)3-2-4-16(14)20/h2-4,7-8,13H,5-6,9-10H2,1H3. The third-order valence-electron chi connectivity index (χ3n) is 4.02. The molecule has 0 saturated carbocycles. The minimum absolute atomic E-state index is 0.0806. The Morgan fingerprint density at radius 3 is 2.84 bits per heavy atom. The van der Waals surface area contributed by atoms with Gasteiger partial charge in [-0.25, -0.2) is 9.18 Å². The molecule has 1 fully saturated rings. The van der Waals surface area contributed by atoms with Crippen LogP contribution in [0.5, 0.6) is 5.75 Å². The normalized spacial score (nSPS) is 14.3. The number of hydrogen-bond donors (Lipinski definition) is 0. The molecule has 0 bridgehead atoms. The Hall–Kier alpha value is -2.34. The first-order valence-electron chi connectivity index (χ1n) is 7.91. The Balaban J connectivity index is 1.49. The van der Waals surface area contributed by atoms with Crippen LogP contribution in [0.2, 0.25) is 5.02 Å². The summed E-state index contributed by atoms with van der Waals surface area (Å²) < 4.78 is 24.2. The number of amides is 1. The van der Waals surface area contributed by atoms with E-state index in [1.165, 1.54) is 18.2 Å². The van der Waals surface area contributed by atoms with Crippen molar-refractivity contribution in [3.8, 4) is 5.75 Å². The predicted molar refractivity (Wildman–Crippen MR) is 90.4 cm³/mol. The molecular formula is C18H17ClFNO4. The average Bonchev–Trinajstić information content (AvgIpc) is 2.48. The lowest BCUT2D eigenvalue weighted by atomic mass is 10.1. The molecular weight excluding hydrogens is 349 g/mol. The number of likely N-dealkylation sites (tertiary alicyclic amines) is 1. The molecule has 0 N–H and O–H groups in total. The maximum Gasteiger partial charge on any atom is 0.339 e. The van der Waals surface area contributed by atoms with E-state index < -0.39 is 11.4 Å². The van der Waals surface area contributed by atoms with Crippen LogP contribution in [0, 0.1) is 12.7 Å². The fourth-order valence-corrected chi connectivity index (χ4v) is 2.97. The third-order valence-corrected chi connectivity index (χ3v) is 4.38. The lowest BCUT2D eigenvalue weighted by Gasteiger charge is -2.39. The smallest absolute Gasteiger partial charge is 0.339 e. The van der Waals surface area contributed by atoms with E-state index in [0.29, 0.717) is 35.2 Å². The summed E-state index contributed by atoms with van der Waals surface area (Å²) in [7, 11) is 0. The highest BCUT2D eigenvalue weighted by Gasteiger charge is 2.32. The zero-order valence-electron chi connectivity index (χ0n) is 13.6. The van der Waals surface area contributed by atoms with Crippen molar-refractivity contribution >= 4 is 17.5 Å². The second-order valence-corrected chi connectivity index (χ2v) is 6.37. The first kappa shape index (κ1) is 17.5. The van der Waals surface area contributed by atoms with Crippen molar-refractivity contribution < 1.29 is 18.3 Å². The topological polar surface area (TPSA) is 59.8 Å². The maximum absolute atomic E-state index is 13.7. The molecule has 1 aromatic heterocycles. The molecule has 1 aliphatic heterocycles. The lowest BCUT2D eigenvalue weighted by molar-refractivity contribution is -0.139. The summed E-state index contributed by atoms with van der Waals surface area (Å²) in [4.78, 5) is 25.1. The van der Waals surface area contributed by atoms with Crippen molar-refractivity contribution in [2.24, 2.45) is 0 Å². The van der Waals surface area contributed by atoms with Crippen LogP contribution in [0.25, 0.3) is 0 Å². The Morgan fingerprint density at radius 2 is 2.16 bits per heavy atom. The minimum atomic E-state index is -0.468. The van der Waals surface area contributed by atoms with Gasteiger partial charge in [-0.15, -0.1) is 0 Å². The number of carbonyl (C=O) groups excluding carboxylic acids is 1. The van der Waals surface area contributed by atoms with E-state index in [2.05, 4.69) is 0 Å². The summed E-state index contributed by atoms with van der Waals surface area (Å²) in [6.07, 6.45) is 0.273. The third kappa shape index (κ3) is 4.20. The summed E-state index contributed by atoms with van der Waals surface area (Å²) in [6.45, 7) is 2.53. The van der Waals surface area contributed by atoms with Gasteiger partial charge >= 0.3 is 5.63 Å². The van der Waals surface area contributed by atoms with Gasteiger partial charge < -0.3 is 14.1 Å². The fourth-order valence-electron chi connectivity index (χ4n) is 2.71. The summed E-state index contributed by atoms with van der Waals surface area (Å²) in [6, 6.07) is 7.38. The van der Waals surface area contributed by atoms with E-state index in [9.17, 15) is 14.0 Å². The van der Waals surface area contributed by atoms with Crippen molar-refractivity contribution in [3.63, 3.8) is 0 Å². The monoisotopic (exact) mass is 365 g/mol. The van der Waals surface area contributed by atoms with Gasteiger partial charge in [-0.3, -0.25) is 4.79 Å². The minimum Gasteiger partial charge on any atom is -0.486 e. The second-order valence-electron chi connectivity index (χ2n) is 5.96. The molecule has 132 valence electrons. The van der Waals surface area contributed by atoms with Gasteiger partial charge in [-0.05, 0) is 25.5 Å². The molecule has 5 nitrogen and oxygen atoms in total. The number of benzene rings is 1. The zero-order valence-corrected chi connectivity index (χ0v) is 14.4. The van der Waals surface area contributed by atoms with Gasteiger partial charge in [0, 0.05) is 23.1 Å². The van der Waals surface area contributed by atoms with Crippen LogP contribution in [0.15, 0.2) is 39.5 Å². The highest BCUT2D eigenvalue weighted by atomic mass is 35.5. The van der Waals surface area contributed by atoms with E-state index in [1.807, 2.05) is 0 Å². The van der Waals surface area contributed by atoms with Gasteiger partial charge in [0.05, 0.1) is 19.2 Å². The number of aryl methyl sites for hydroxylation is 1. The molecule has 0 aliphatic carbocycles. The predicted octanol–water partition coefficient (Wildman–Crippen LogP) is 2.96. The Kier molecular flexibility index (Phi) is 5.08. The molecule has 2 heterocycles. The van der Waals surface area contributed by atoms with Gasteiger partial charge in [0.2, 0.25) is 5.91 Å². The summed E-state index contributed by atoms with van der Waals surface area (Å²) in [5.74, 6) is 0.423. The molecule has 25 heavy (non-hydrogen) atoms. The summed E-state index contributed by atoms with van der Waals surface area (Å²) in [5, 5.41) is 0.330. The summed E-state index contributed by atoms with van der Waals surface area (Å²) >= 11 is 5.96. The molecule has 1 aliphatic rings. The molecule has 3 rings (SSSR count). The average molecular weight is 366 g/mol. The maximum atomic E-state index is 13.7. The zero-order chi connectivity index (χ0) is 18.0. The number of halogens is 2. The molecule has 0 spiro atoms. The van der Waals surface area contributed by atoms with Crippen LogP contribution < -0.4 is 10.4 Å². The SMILES string of the molecule is Cc1cc(OC2CN(C(=O)CCc3c(F)cccc3Cl)C2)cc(=O)o1. The quantitative estimate of drug-likeness (QED) is 0.817. The largest absolute Gasteiger partial charge is 0.486 e. The molecule has 0 radical (unpaired) electrons. The van der Waals surface area contributed by atoms with Gasteiger partial charge in [0.15, 0.2) is 0 Å². The van der Waals surface area contributed by atoms with E-state index in [-0.39, 0.29) is 24.9 Å². The van der Waals surface area contributed by atoms with Crippen molar-refractivity contribution in [3.05, 3.63) is 62.9 Å². The van der Waals surface area contributed by atoms with Crippen LogP contribution >= 0.6 is 11.6 Å². The lowest BCUT2D eigenvalue weighted by Crippen LogP contribution is -2.56.